The number of furan rings is 1. The Morgan fingerprint density at radius 2 is 1.96 bits per heavy atom. The minimum atomic E-state index is -0.298. The van der Waals surface area contributed by atoms with Crippen molar-refractivity contribution in [3.8, 4) is 0 Å². The first-order valence-electron chi connectivity index (χ1n) is 9.38. The normalized spacial score (nSPS) is 32.5. The molecule has 6 nitrogen and oxygen atoms in total. The number of amides is 2. The fourth-order valence-corrected chi connectivity index (χ4v) is 4.54. The van der Waals surface area contributed by atoms with Crippen molar-refractivity contribution in [1.82, 2.24) is 9.80 Å². The first kappa shape index (κ1) is 16.6. The summed E-state index contributed by atoms with van der Waals surface area (Å²) < 4.78 is 11.6. The summed E-state index contributed by atoms with van der Waals surface area (Å²) in [4.78, 5) is 28.9. The van der Waals surface area contributed by atoms with Crippen LogP contribution < -0.4 is 0 Å². The van der Waals surface area contributed by atoms with Crippen molar-refractivity contribution >= 4 is 11.8 Å². The summed E-state index contributed by atoms with van der Waals surface area (Å²) in [5.74, 6) is 0.694. The molecule has 3 aliphatic rings. The Bertz CT molecular complexity index is 638. The van der Waals surface area contributed by atoms with E-state index in [0.29, 0.717) is 18.8 Å². The lowest BCUT2D eigenvalue weighted by molar-refractivity contribution is -0.154. The first-order chi connectivity index (χ1) is 12.1. The highest BCUT2D eigenvalue weighted by atomic mass is 16.5. The maximum absolute atomic E-state index is 12.6. The molecule has 4 rings (SSSR count). The Morgan fingerprint density at radius 1 is 1.16 bits per heavy atom. The van der Waals surface area contributed by atoms with Crippen molar-refractivity contribution < 1.29 is 18.7 Å². The monoisotopic (exact) mass is 346 g/mol. The van der Waals surface area contributed by atoms with Gasteiger partial charge in [0, 0.05) is 32.1 Å². The SMILES string of the molecule is C[C@@H]1CN(C(=O)c2ccco2)CC[C@@]12CC[C@@H](C(=O)N1CCCC1)O2. The van der Waals surface area contributed by atoms with E-state index in [1.165, 1.54) is 6.26 Å². The number of nitrogens with zero attached hydrogens (tertiary/aromatic N) is 2. The van der Waals surface area contributed by atoms with Crippen molar-refractivity contribution in [2.24, 2.45) is 5.92 Å². The molecule has 6 heteroatoms. The van der Waals surface area contributed by atoms with Gasteiger partial charge in [-0.2, -0.15) is 0 Å². The number of hydrogen-bond acceptors (Lipinski definition) is 4. The number of piperidine rings is 1. The van der Waals surface area contributed by atoms with Crippen LogP contribution >= 0.6 is 0 Å². The fourth-order valence-electron chi connectivity index (χ4n) is 4.54. The number of carbonyl (C=O) groups excluding carboxylic acids is 2. The van der Waals surface area contributed by atoms with Gasteiger partial charge in [-0.3, -0.25) is 9.59 Å². The zero-order valence-corrected chi connectivity index (χ0v) is 14.8. The molecule has 4 heterocycles. The molecule has 25 heavy (non-hydrogen) atoms. The van der Waals surface area contributed by atoms with Gasteiger partial charge in [-0.15, -0.1) is 0 Å². The van der Waals surface area contributed by atoms with Crippen molar-refractivity contribution in [3.05, 3.63) is 24.2 Å². The smallest absolute Gasteiger partial charge is 0.289 e. The van der Waals surface area contributed by atoms with Gasteiger partial charge in [-0.05, 0) is 44.2 Å². The molecular formula is C19H26N2O4. The Kier molecular flexibility index (Phi) is 4.31. The lowest BCUT2D eigenvalue weighted by Crippen LogP contribution is -2.53. The summed E-state index contributed by atoms with van der Waals surface area (Å²) in [7, 11) is 0. The summed E-state index contributed by atoms with van der Waals surface area (Å²) in [6.45, 7) is 5.16. The Hall–Kier alpha value is -1.82. The molecule has 0 aromatic carbocycles. The molecule has 0 unspecified atom stereocenters. The quantitative estimate of drug-likeness (QED) is 0.824. The third-order valence-corrected chi connectivity index (χ3v) is 6.12. The predicted molar refractivity (Wildman–Crippen MR) is 91.0 cm³/mol. The molecule has 1 aromatic heterocycles. The van der Waals surface area contributed by atoms with Crippen LogP contribution in [0.4, 0.5) is 0 Å². The highest BCUT2D eigenvalue weighted by Crippen LogP contribution is 2.43. The Balaban J connectivity index is 1.39. The molecule has 0 saturated carbocycles. The number of likely N-dealkylation sites (tertiary alicyclic amines) is 2. The zero-order chi connectivity index (χ0) is 17.4. The van der Waals surface area contributed by atoms with Gasteiger partial charge in [0.25, 0.3) is 11.8 Å². The zero-order valence-electron chi connectivity index (χ0n) is 14.8. The second kappa shape index (κ2) is 6.48. The molecule has 1 aromatic rings. The topological polar surface area (TPSA) is 63.0 Å². The highest BCUT2D eigenvalue weighted by molar-refractivity contribution is 5.91. The molecule has 136 valence electrons. The van der Waals surface area contributed by atoms with Crippen LogP contribution in [0.2, 0.25) is 0 Å². The van der Waals surface area contributed by atoms with Gasteiger partial charge < -0.3 is 19.0 Å². The molecule has 0 N–H and O–H groups in total. The Morgan fingerprint density at radius 3 is 2.64 bits per heavy atom. The van der Waals surface area contributed by atoms with Crippen LogP contribution in [0.3, 0.4) is 0 Å². The van der Waals surface area contributed by atoms with Crippen molar-refractivity contribution in [2.75, 3.05) is 26.2 Å². The van der Waals surface area contributed by atoms with Gasteiger partial charge in [0.15, 0.2) is 5.76 Å². The first-order valence-corrected chi connectivity index (χ1v) is 9.38. The average Bonchev–Trinajstić information content (AvgIpc) is 3.38. The summed E-state index contributed by atoms with van der Waals surface area (Å²) >= 11 is 0. The van der Waals surface area contributed by atoms with E-state index in [2.05, 4.69) is 6.92 Å². The van der Waals surface area contributed by atoms with Crippen molar-refractivity contribution in [2.45, 2.75) is 50.7 Å². The largest absolute Gasteiger partial charge is 0.459 e. The molecule has 3 fully saturated rings. The van der Waals surface area contributed by atoms with Gasteiger partial charge in [0.2, 0.25) is 0 Å². The Labute approximate surface area is 148 Å². The molecule has 3 saturated heterocycles. The predicted octanol–water partition coefficient (Wildman–Crippen LogP) is 2.30. The van der Waals surface area contributed by atoms with Gasteiger partial charge >= 0.3 is 0 Å². The standard InChI is InChI=1S/C19H26N2O4/c1-14-13-21(17(22)15-5-4-12-24-15)11-8-19(14)7-6-16(25-19)18(23)20-9-2-3-10-20/h4-5,12,14,16H,2-3,6-11,13H2,1H3/t14-,16+,19+/m1/s1. The molecule has 3 aliphatic heterocycles. The van der Waals surface area contributed by atoms with Crippen molar-refractivity contribution in [1.29, 1.82) is 0 Å². The molecular weight excluding hydrogens is 320 g/mol. The van der Waals surface area contributed by atoms with E-state index >= 15 is 0 Å². The van der Waals surface area contributed by atoms with E-state index in [4.69, 9.17) is 9.15 Å². The molecule has 2 amide bonds. The van der Waals surface area contributed by atoms with Crippen LogP contribution in [0, 0.1) is 5.92 Å². The third-order valence-electron chi connectivity index (χ3n) is 6.12. The summed E-state index contributed by atoms with van der Waals surface area (Å²) in [5.41, 5.74) is -0.264. The van der Waals surface area contributed by atoms with Crippen LogP contribution in [0.15, 0.2) is 22.8 Å². The molecule has 3 atom stereocenters. The number of carbonyl (C=O) groups is 2. The second-order valence-corrected chi connectivity index (χ2v) is 7.62. The van der Waals surface area contributed by atoms with Crippen LogP contribution in [0.25, 0.3) is 0 Å². The molecule has 0 bridgehead atoms. The second-order valence-electron chi connectivity index (χ2n) is 7.62. The maximum Gasteiger partial charge on any atom is 0.289 e. The number of ether oxygens (including phenoxy) is 1. The summed E-state index contributed by atoms with van der Waals surface area (Å²) in [6.07, 6.45) is 5.91. The van der Waals surface area contributed by atoms with E-state index in [1.54, 1.807) is 12.1 Å². The van der Waals surface area contributed by atoms with Crippen LogP contribution in [0.1, 0.15) is 49.6 Å². The summed E-state index contributed by atoms with van der Waals surface area (Å²) in [5, 5.41) is 0. The summed E-state index contributed by atoms with van der Waals surface area (Å²) in [6, 6.07) is 3.44. The van der Waals surface area contributed by atoms with Gasteiger partial charge in [-0.25, -0.2) is 0 Å². The lowest BCUT2D eigenvalue weighted by atomic mass is 9.80. The van der Waals surface area contributed by atoms with E-state index in [-0.39, 0.29) is 29.4 Å². The van der Waals surface area contributed by atoms with E-state index in [9.17, 15) is 9.59 Å². The van der Waals surface area contributed by atoms with Gasteiger partial charge in [0.1, 0.15) is 6.10 Å². The van der Waals surface area contributed by atoms with Crippen LogP contribution in [-0.2, 0) is 9.53 Å². The minimum absolute atomic E-state index is 0.0607. The molecule has 0 radical (unpaired) electrons. The van der Waals surface area contributed by atoms with E-state index in [0.717, 1.165) is 45.2 Å². The molecule has 0 aliphatic carbocycles. The average molecular weight is 346 g/mol. The fraction of sp³-hybridized carbons (Fsp3) is 0.684. The third kappa shape index (κ3) is 2.97. The maximum atomic E-state index is 12.6. The van der Waals surface area contributed by atoms with E-state index < -0.39 is 0 Å². The van der Waals surface area contributed by atoms with Crippen molar-refractivity contribution in [3.63, 3.8) is 0 Å². The highest BCUT2D eigenvalue weighted by Gasteiger charge is 2.50. The minimum Gasteiger partial charge on any atom is -0.459 e. The van der Waals surface area contributed by atoms with Crippen LogP contribution in [-0.4, -0.2) is 59.5 Å². The van der Waals surface area contributed by atoms with Crippen LogP contribution in [0.5, 0.6) is 0 Å². The molecule has 1 spiro atoms. The van der Waals surface area contributed by atoms with E-state index in [1.807, 2.05) is 9.80 Å². The van der Waals surface area contributed by atoms with Gasteiger partial charge in [0.05, 0.1) is 11.9 Å². The lowest BCUT2D eigenvalue weighted by Gasteiger charge is -2.44. The van der Waals surface area contributed by atoms with Gasteiger partial charge in [-0.1, -0.05) is 6.92 Å². The number of rotatable bonds is 2. The number of hydrogen-bond donors (Lipinski definition) is 0.